The highest BCUT2D eigenvalue weighted by atomic mass is 35.5. The lowest BCUT2D eigenvalue weighted by Gasteiger charge is -2.26. The molecular formula is C19H19ClFN5O. The van der Waals surface area contributed by atoms with Gasteiger partial charge in [-0.05, 0) is 49.9 Å². The van der Waals surface area contributed by atoms with Gasteiger partial charge in [-0.25, -0.2) is 19.3 Å². The lowest BCUT2D eigenvalue weighted by Crippen LogP contribution is -2.28. The minimum atomic E-state index is -0.469. The van der Waals surface area contributed by atoms with Crippen molar-refractivity contribution in [1.29, 1.82) is 0 Å². The molecule has 0 spiro atoms. The Bertz CT molecular complexity index is 962. The number of nitrogens with one attached hydrogen (secondary N) is 2. The van der Waals surface area contributed by atoms with Gasteiger partial charge in [0.1, 0.15) is 23.8 Å². The number of hydrogen-bond donors (Lipinski definition) is 3. The molecule has 0 radical (unpaired) electrons. The quantitative estimate of drug-likeness (QED) is 0.620. The fraction of sp³-hybridized carbons (Fsp3) is 0.316. The number of anilines is 3. The van der Waals surface area contributed by atoms with Crippen molar-refractivity contribution in [3.63, 3.8) is 0 Å². The highest BCUT2D eigenvalue weighted by Crippen LogP contribution is 2.28. The van der Waals surface area contributed by atoms with Crippen LogP contribution in [0.15, 0.2) is 36.8 Å². The largest absolute Gasteiger partial charge is 0.393 e. The lowest BCUT2D eigenvalue weighted by atomic mass is 9.93. The summed E-state index contributed by atoms with van der Waals surface area (Å²) in [4.78, 5) is 13.0. The first-order chi connectivity index (χ1) is 13.1. The smallest absolute Gasteiger partial charge is 0.141 e. The van der Waals surface area contributed by atoms with Gasteiger partial charge in [-0.2, -0.15) is 0 Å². The average molecular weight is 388 g/mol. The van der Waals surface area contributed by atoms with Crippen LogP contribution in [0.5, 0.6) is 0 Å². The number of aromatic nitrogens is 3. The van der Waals surface area contributed by atoms with E-state index in [1.54, 1.807) is 12.3 Å². The molecule has 3 N–H and O–H groups in total. The van der Waals surface area contributed by atoms with E-state index >= 15 is 0 Å². The molecule has 4 rings (SSSR count). The summed E-state index contributed by atoms with van der Waals surface area (Å²) >= 11 is 5.86. The number of halogens is 2. The normalized spacial score (nSPS) is 19.8. The molecule has 1 aliphatic rings. The van der Waals surface area contributed by atoms with Crippen LogP contribution in [0.2, 0.25) is 5.02 Å². The first-order valence-corrected chi connectivity index (χ1v) is 9.24. The second-order valence-corrected chi connectivity index (χ2v) is 7.12. The summed E-state index contributed by atoms with van der Waals surface area (Å²) in [7, 11) is 0. The van der Waals surface area contributed by atoms with Crippen LogP contribution in [0.25, 0.3) is 10.9 Å². The van der Waals surface area contributed by atoms with Crippen LogP contribution in [0.3, 0.4) is 0 Å². The Kier molecular flexibility index (Phi) is 5.05. The van der Waals surface area contributed by atoms with Gasteiger partial charge in [0.25, 0.3) is 0 Å². The Labute approximate surface area is 160 Å². The van der Waals surface area contributed by atoms with Crippen LogP contribution >= 0.6 is 11.6 Å². The molecule has 0 amide bonds. The van der Waals surface area contributed by atoms with E-state index < -0.39 is 5.82 Å². The lowest BCUT2D eigenvalue weighted by molar-refractivity contribution is 0.126. The zero-order chi connectivity index (χ0) is 18.8. The monoisotopic (exact) mass is 387 g/mol. The third-order valence-electron chi connectivity index (χ3n) is 4.75. The van der Waals surface area contributed by atoms with Crippen molar-refractivity contribution in [2.75, 3.05) is 10.6 Å². The Morgan fingerprint density at radius 2 is 1.89 bits per heavy atom. The van der Waals surface area contributed by atoms with Crippen LogP contribution in [0.4, 0.5) is 21.7 Å². The van der Waals surface area contributed by atoms with Gasteiger partial charge in [0.15, 0.2) is 0 Å². The maximum absolute atomic E-state index is 13.4. The van der Waals surface area contributed by atoms with Crippen LogP contribution < -0.4 is 10.6 Å². The van der Waals surface area contributed by atoms with Gasteiger partial charge in [-0.1, -0.05) is 11.6 Å². The van der Waals surface area contributed by atoms with E-state index in [0.717, 1.165) is 36.9 Å². The molecule has 1 saturated carbocycles. The molecule has 1 aliphatic carbocycles. The first kappa shape index (κ1) is 17.9. The van der Waals surface area contributed by atoms with Crippen LogP contribution in [0.1, 0.15) is 25.7 Å². The summed E-state index contributed by atoms with van der Waals surface area (Å²) in [5, 5.41) is 17.1. The molecule has 8 heteroatoms. The molecule has 0 saturated heterocycles. The van der Waals surface area contributed by atoms with Gasteiger partial charge in [-0.15, -0.1) is 0 Å². The molecule has 1 aromatic carbocycles. The number of hydrogen-bond acceptors (Lipinski definition) is 6. The zero-order valence-electron chi connectivity index (χ0n) is 14.5. The van der Waals surface area contributed by atoms with E-state index in [9.17, 15) is 9.50 Å². The molecule has 2 aromatic heterocycles. The van der Waals surface area contributed by atoms with Gasteiger partial charge in [0.2, 0.25) is 0 Å². The average Bonchev–Trinajstić information content (AvgIpc) is 2.67. The summed E-state index contributed by atoms with van der Waals surface area (Å²) in [5.74, 6) is 0.856. The van der Waals surface area contributed by atoms with E-state index in [2.05, 4.69) is 25.6 Å². The van der Waals surface area contributed by atoms with Crippen molar-refractivity contribution in [1.82, 2.24) is 15.0 Å². The van der Waals surface area contributed by atoms with Crippen molar-refractivity contribution >= 4 is 39.8 Å². The molecule has 3 aromatic rings. The Morgan fingerprint density at radius 3 is 2.67 bits per heavy atom. The minimum Gasteiger partial charge on any atom is -0.393 e. The Hall–Kier alpha value is -2.51. The van der Waals surface area contributed by atoms with Crippen molar-refractivity contribution in [3.05, 3.63) is 47.6 Å². The molecular weight excluding hydrogens is 369 g/mol. The zero-order valence-corrected chi connectivity index (χ0v) is 15.2. The van der Waals surface area contributed by atoms with Gasteiger partial charge < -0.3 is 15.7 Å². The molecule has 0 atom stereocenters. The highest BCUT2D eigenvalue weighted by molar-refractivity contribution is 6.31. The maximum Gasteiger partial charge on any atom is 0.141 e. The number of pyridine rings is 1. The maximum atomic E-state index is 13.4. The molecule has 2 heterocycles. The van der Waals surface area contributed by atoms with E-state index in [1.165, 1.54) is 18.5 Å². The number of rotatable bonds is 4. The van der Waals surface area contributed by atoms with Crippen molar-refractivity contribution in [2.45, 2.75) is 37.8 Å². The molecule has 0 aliphatic heterocycles. The fourth-order valence-corrected chi connectivity index (χ4v) is 3.46. The summed E-state index contributed by atoms with van der Waals surface area (Å²) in [6, 6.07) is 6.60. The second-order valence-electron chi connectivity index (χ2n) is 6.71. The molecule has 140 valence electrons. The van der Waals surface area contributed by atoms with E-state index in [-0.39, 0.29) is 17.2 Å². The highest BCUT2D eigenvalue weighted by Gasteiger charge is 2.19. The van der Waals surface area contributed by atoms with Gasteiger partial charge in [0, 0.05) is 17.1 Å². The van der Waals surface area contributed by atoms with Gasteiger partial charge in [-0.3, -0.25) is 0 Å². The Morgan fingerprint density at radius 1 is 1.07 bits per heavy atom. The van der Waals surface area contributed by atoms with Crippen molar-refractivity contribution in [2.24, 2.45) is 0 Å². The fourth-order valence-electron chi connectivity index (χ4n) is 3.28. The molecule has 1 fully saturated rings. The SMILES string of the molecule is OC1CCC(Nc2cc3c(Nc4ccc(F)c(Cl)c4)ncnc3cn2)CC1. The number of aliphatic hydroxyl groups is 1. The summed E-state index contributed by atoms with van der Waals surface area (Å²) in [6.07, 6.45) is 6.36. The second kappa shape index (κ2) is 7.62. The van der Waals surface area contributed by atoms with E-state index in [0.29, 0.717) is 17.0 Å². The molecule has 0 unspecified atom stereocenters. The van der Waals surface area contributed by atoms with Gasteiger partial charge >= 0.3 is 0 Å². The number of aliphatic hydroxyl groups excluding tert-OH is 1. The Balaban J connectivity index is 1.60. The standard InChI is InChI=1S/C19H19ClFN5O/c20-15-7-12(3-6-16(15)21)26-19-14-8-18(22-9-17(14)23-10-24-19)25-11-1-4-13(27)5-2-11/h3,6-11,13,27H,1-2,4-5H2,(H,22,25)(H,23,24,26). The number of fused-ring (bicyclic) bond motifs is 1. The van der Waals surface area contributed by atoms with Crippen molar-refractivity contribution in [3.8, 4) is 0 Å². The third kappa shape index (κ3) is 4.09. The minimum absolute atomic E-state index is 0.0434. The topological polar surface area (TPSA) is 83.0 Å². The van der Waals surface area contributed by atoms with E-state index in [4.69, 9.17) is 11.6 Å². The number of nitrogens with zero attached hydrogens (tertiary/aromatic N) is 3. The molecule has 27 heavy (non-hydrogen) atoms. The van der Waals surface area contributed by atoms with E-state index in [1.807, 2.05) is 6.07 Å². The summed E-state index contributed by atoms with van der Waals surface area (Å²) in [5.41, 5.74) is 1.33. The first-order valence-electron chi connectivity index (χ1n) is 8.86. The molecule has 6 nitrogen and oxygen atoms in total. The van der Waals surface area contributed by atoms with Gasteiger partial charge in [0.05, 0.1) is 22.8 Å². The van der Waals surface area contributed by atoms with Crippen LogP contribution in [-0.4, -0.2) is 32.2 Å². The number of benzene rings is 1. The predicted molar refractivity (Wildman–Crippen MR) is 104 cm³/mol. The summed E-state index contributed by atoms with van der Waals surface area (Å²) < 4.78 is 13.4. The van der Waals surface area contributed by atoms with Crippen molar-refractivity contribution < 1.29 is 9.50 Å². The third-order valence-corrected chi connectivity index (χ3v) is 5.04. The van der Waals surface area contributed by atoms with Crippen LogP contribution in [-0.2, 0) is 0 Å². The molecule has 0 bridgehead atoms. The van der Waals surface area contributed by atoms with Crippen LogP contribution in [0, 0.1) is 5.82 Å². The predicted octanol–water partition coefficient (Wildman–Crippen LogP) is 4.28. The summed E-state index contributed by atoms with van der Waals surface area (Å²) in [6.45, 7) is 0.